The number of alkyl halides is 6. The van der Waals surface area contributed by atoms with Gasteiger partial charge in [-0.05, 0) is 356 Å². The Balaban J connectivity index is 0.000000207. The third-order valence-electron chi connectivity index (χ3n) is 36.4. The lowest BCUT2D eigenvalue weighted by Crippen LogP contribution is -2.58. The molecule has 3 aromatic carbocycles. The summed E-state index contributed by atoms with van der Waals surface area (Å²) in [7, 11) is 0. The van der Waals surface area contributed by atoms with Crippen LogP contribution in [-0.2, 0) is 76.6 Å². The molecular weight excluding hydrogens is 1860 g/mol. The first-order chi connectivity index (χ1) is 66.8. The minimum Gasteiger partial charge on any atom is -0.508 e. The number of halogens is 6. The maximum Gasteiger partial charge on any atom is 0.417 e. The number of fused-ring (bicyclic) bond motifs is 2. The van der Waals surface area contributed by atoms with Gasteiger partial charge in [0, 0.05) is 35.0 Å². The average Bonchev–Trinajstić information content (AvgIpc) is 1.52. The molecule has 16 rings (SSSR count). The monoisotopic (exact) mass is 2040 g/mol. The van der Waals surface area contributed by atoms with Gasteiger partial charge < -0.3 is 59.3 Å². The molecule has 1 amide bonds. The van der Waals surface area contributed by atoms with Gasteiger partial charge in [0.25, 0.3) is 0 Å². The van der Waals surface area contributed by atoms with Gasteiger partial charge in [-0.25, -0.2) is 9.59 Å². The fourth-order valence-corrected chi connectivity index (χ4v) is 22.4. The molecule has 0 aromatic heterocycles. The number of carbonyl (C=O) groups is 9. The molecule has 144 heavy (non-hydrogen) atoms. The largest absolute Gasteiger partial charge is 0.508 e. The molecule has 8 bridgehead atoms. The van der Waals surface area contributed by atoms with E-state index in [-0.39, 0.29) is 82.4 Å². The highest BCUT2D eigenvalue weighted by Gasteiger charge is 2.76. The number of amides is 1. The van der Waals surface area contributed by atoms with Gasteiger partial charge in [-0.15, -0.1) is 0 Å². The molecule has 11 saturated carbocycles. The highest BCUT2D eigenvalue weighted by Crippen LogP contribution is 2.64. The molecule has 0 radical (unpaired) electrons. The molecule has 6 N–H and O–H groups in total. The van der Waals surface area contributed by atoms with Crippen LogP contribution >= 0.6 is 0 Å². The molecule has 11 aliphatic carbocycles. The fraction of sp³-hybridized carbons (Fsp3) is 0.765. The van der Waals surface area contributed by atoms with Crippen molar-refractivity contribution in [3.05, 3.63) is 95.1 Å². The van der Waals surface area contributed by atoms with Gasteiger partial charge >= 0.3 is 60.1 Å². The minimum absolute atomic E-state index is 0.0185. The number of aliphatic hydroxyl groups is 2. The molecule has 2 saturated heterocycles. The van der Waals surface area contributed by atoms with Crippen LogP contribution in [0.3, 0.4) is 0 Å². The number of aliphatic carboxylic acids is 1. The number of carboxylic acids is 1. The summed E-state index contributed by atoms with van der Waals surface area (Å²) in [5.41, 5.74) is -6.88. The van der Waals surface area contributed by atoms with Gasteiger partial charge in [-0.3, -0.25) is 38.4 Å². The number of ether oxygens (including phenoxy) is 6. The van der Waals surface area contributed by atoms with Crippen LogP contribution < -0.4 is 5.32 Å². The van der Waals surface area contributed by atoms with Gasteiger partial charge in [0.05, 0.1) is 39.2 Å². The molecule has 17 atom stereocenters. The molecule has 29 heteroatoms. The van der Waals surface area contributed by atoms with E-state index in [2.05, 4.69) is 79.8 Å². The van der Waals surface area contributed by atoms with E-state index >= 15 is 0 Å². The zero-order valence-corrected chi connectivity index (χ0v) is 91.1. The van der Waals surface area contributed by atoms with E-state index in [0.717, 1.165) is 115 Å². The minimum atomic E-state index is -5.10. The summed E-state index contributed by atoms with van der Waals surface area (Å²) in [6.45, 7) is 48.2. The fourth-order valence-electron chi connectivity index (χ4n) is 22.4. The SMILES string of the molecule is CCC(C)(C)C(=O)O.CCC(C)(C)C(=O)OC1(C)C2CC3CC(C2)CC1C3.CCC(C)(C)C(=O)OC1C2CC3C(=O)OC1C3C2.CCC(C)(C)C(=O)OC1CC(C(C)(O)C(F)(F)F)CC(C(C)(O)C(F)(F)F)C1.CCC(C)c1ccc(C(=O)OC2(CC)CCCC2)cc1.CCC(C)c1ccc(O)cc1.CCC(C)c1ccc(O)cc1.CCC1(OOC(=O)C23CC4CC2C(OC3=O)C4NC(=O)C(C)(C)CC)CCCC1. The zero-order chi connectivity index (χ0) is 108. The van der Waals surface area contributed by atoms with Gasteiger partial charge in [0.1, 0.15) is 52.7 Å². The molecule has 13 fully saturated rings. The number of aromatic hydroxyl groups is 2. The van der Waals surface area contributed by atoms with Crippen molar-refractivity contribution in [3.63, 3.8) is 0 Å². The first-order valence-corrected chi connectivity index (χ1v) is 53.8. The van der Waals surface area contributed by atoms with Crippen LogP contribution in [0.2, 0.25) is 0 Å². The van der Waals surface area contributed by atoms with E-state index in [4.69, 9.17) is 53.5 Å². The van der Waals surface area contributed by atoms with Crippen LogP contribution in [0.1, 0.15) is 417 Å². The van der Waals surface area contributed by atoms with Gasteiger partial charge in [0.2, 0.25) is 5.91 Å². The number of nitrogens with one attached hydrogen (secondary N) is 1. The Morgan fingerprint density at radius 3 is 1.28 bits per heavy atom. The van der Waals surface area contributed by atoms with E-state index in [1.807, 2.05) is 106 Å². The van der Waals surface area contributed by atoms with Crippen molar-refractivity contribution in [1.29, 1.82) is 0 Å². The predicted octanol–water partition coefficient (Wildman–Crippen LogP) is 25.9. The molecule has 17 unspecified atom stereocenters. The van der Waals surface area contributed by atoms with Crippen molar-refractivity contribution in [2.45, 2.75) is 461 Å². The quantitative estimate of drug-likeness (QED) is 0.00939. The van der Waals surface area contributed by atoms with E-state index in [9.17, 15) is 79.7 Å². The molecule has 2 aliphatic heterocycles. The van der Waals surface area contributed by atoms with E-state index in [0.29, 0.717) is 98.0 Å². The van der Waals surface area contributed by atoms with Crippen molar-refractivity contribution in [2.24, 2.45) is 97.6 Å². The molecule has 2 heterocycles. The van der Waals surface area contributed by atoms with Gasteiger partial charge in [-0.1, -0.05) is 153 Å². The van der Waals surface area contributed by atoms with Crippen LogP contribution in [-0.4, -0.2) is 150 Å². The predicted molar refractivity (Wildman–Crippen MR) is 538 cm³/mol. The Morgan fingerprint density at radius 2 is 0.882 bits per heavy atom. The standard InChI is InChI=1S/C22H33NO6.C18H28F6O4.C18H26O2.C17H28O2.C14H20O4.2C10H14O.C6H12O2/c1-5-20(3,4)17(24)23-15-13-11-14-16(15)27-18(25)22(14,12-13)19(26)28-29-21(6-2)9-7-8-10-21;1-6-14(2,3)13(25)28-12-8-10(15(4,26)17(19,20)21)7-11(9-12)16(5,27)18(22,23)24;1-4-14(3)15-8-10-16(11-9-15)17(19)20-18(5-2)12-6-7-13-18;1-5-16(2,3)15(18)19-17(4)13-7-11-6-12(9-13)10-14(17)8-11;1-4-14(2,3)13(16)18-10-7-5-8-9(6-7)12(15)17-11(8)10;2*1-3-8(2)9-4-6-10(11)7-5-9;1-4-6(2,3)5(7)8/h13-16H,5-12H2,1-4H3,(H,23,24);10-12,26-27H,6-9H2,1-5H3;8-11,14H,4-7,12-13H2,1-3H3;11-14H,5-10H2,1-4H3;7-11H,4-6H2,1-3H3;2*4-8,11H,3H2,1-2H3;4H2,1-3H3,(H,7,8). The van der Waals surface area contributed by atoms with Crippen LogP contribution in [0.15, 0.2) is 72.8 Å². The molecule has 23 nitrogen and oxygen atoms in total. The number of carboxylic acid groups (broad SMARTS) is 1. The lowest BCUT2D eigenvalue weighted by Gasteiger charge is -2.59. The molecule has 13 aliphatic rings. The topological polar surface area (TPSA) is 341 Å². The first-order valence-electron chi connectivity index (χ1n) is 53.8. The second-order valence-corrected chi connectivity index (χ2v) is 47.8. The van der Waals surface area contributed by atoms with Crippen LogP contribution in [0.4, 0.5) is 26.3 Å². The van der Waals surface area contributed by atoms with Crippen molar-refractivity contribution < 1.29 is 133 Å². The summed E-state index contributed by atoms with van der Waals surface area (Å²) in [4.78, 5) is 120. The number of hydrogen-bond donors (Lipinski definition) is 6. The normalized spacial score (nSPS) is 29.3. The van der Waals surface area contributed by atoms with Crippen molar-refractivity contribution >= 4 is 53.7 Å². The third-order valence-corrected chi connectivity index (χ3v) is 36.4. The molecule has 814 valence electrons. The van der Waals surface area contributed by atoms with Crippen LogP contribution in [0, 0.1) is 97.6 Å². The number of carbonyl (C=O) groups excluding carboxylic acids is 8. The molecule has 3 aromatic rings. The Hall–Kier alpha value is -8.05. The highest BCUT2D eigenvalue weighted by molar-refractivity contribution is 6.03. The maximum atomic E-state index is 13.3. The summed E-state index contributed by atoms with van der Waals surface area (Å²) in [5, 5.41) is 49.5. The molecular formula is C115H175F6NO22. The van der Waals surface area contributed by atoms with Crippen LogP contribution in [0.5, 0.6) is 11.5 Å². The van der Waals surface area contributed by atoms with Crippen molar-refractivity contribution in [1.82, 2.24) is 5.32 Å². The van der Waals surface area contributed by atoms with Crippen molar-refractivity contribution in [3.8, 4) is 11.5 Å². The maximum absolute atomic E-state index is 13.3. The lowest BCUT2D eigenvalue weighted by molar-refractivity contribution is -0.338. The zero-order valence-electron chi connectivity index (χ0n) is 91.1. The molecule has 0 spiro atoms. The number of phenols is 2. The Labute approximate surface area is 853 Å². The smallest absolute Gasteiger partial charge is 0.417 e. The number of benzene rings is 3. The summed E-state index contributed by atoms with van der Waals surface area (Å²) in [6, 6.07) is 22.5. The van der Waals surface area contributed by atoms with E-state index < -0.39 is 123 Å². The van der Waals surface area contributed by atoms with E-state index in [1.165, 1.54) is 61.6 Å². The number of rotatable bonds is 29. The van der Waals surface area contributed by atoms with Crippen molar-refractivity contribution in [2.75, 3.05) is 0 Å². The summed E-state index contributed by atoms with van der Waals surface area (Å²) < 4.78 is 113. The van der Waals surface area contributed by atoms with Crippen LogP contribution in [0.25, 0.3) is 0 Å². The summed E-state index contributed by atoms with van der Waals surface area (Å²) >= 11 is 0. The highest BCUT2D eigenvalue weighted by atomic mass is 19.4. The Bertz CT molecular complexity index is 4620. The van der Waals surface area contributed by atoms with Gasteiger partial charge in [0.15, 0.2) is 16.6 Å². The second-order valence-electron chi connectivity index (χ2n) is 47.8. The van der Waals surface area contributed by atoms with E-state index in [1.54, 1.807) is 58.9 Å². The Kier molecular flexibility index (Phi) is 41.0. The second kappa shape index (κ2) is 48.7. The lowest BCUT2D eigenvalue weighted by atomic mass is 9.50. The average molecular weight is 2040 g/mol. The number of hydrogen-bond acceptors (Lipinski definition) is 21. The number of esters is 6. The van der Waals surface area contributed by atoms with Gasteiger partial charge in [-0.2, -0.15) is 31.2 Å². The first kappa shape index (κ1) is 121. The third kappa shape index (κ3) is 28.2. The summed E-state index contributed by atoms with van der Waals surface area (Å²) in [6.07, 6.45) is 12.2. The Morgan fingerprint density at radius 1 is 0.472 bits per heavy atom. The summed E-state index contributed by atoms with van der Waals surface area (Å²) in [5.74, 6) is -0.405. The number of phenolic OH excluding ortho intramolecular Hbond substituents is 2.